The van der Waals surface area contributed by atoms with E-state index in [0.717, 1.165) is 5.52 Å². The largest absolute Gasteiger partial charge is 1.00 e. The molecule has 0 saturated carbocycles. The van der Waals surface area contributed by atoms with E-state index in [0.29, 0.717) is 16.6 Å². The zero-order valence-electron chi connectivity index (χ0n) is 9.75. The molecule has 0 atom stereocenters. The van der Waals surface area contributed by atoms with Gasteiger partial charge in [0.1, 0.15) is 0 Å². The number of carbonyl (C=O) groups is 1. The number of carboxylic acids is 1. The summed E-state index contributed by atoms with van der Waals surface area (Å²) in [6, 6.07) is 12.2. The van der Waals surface area contributed by atoms with Crippen molar-refractivity contribution in [3.63, 3.8) is 0 Å². The minimum absolute atomic E-state index is 0. The molecule has 1 aromatic heterocycles. The number of nitrogens with zero attached hydrogens (tertiary/aromatic N) is 2. The third-order valence-corrected chi connectivity index (χ3v) is 2.59. The number of benzene rings is 2. The average molecular weight is 246 g/mol. The summed E-state index contributed by atoms with van der Waals surface area (Å²) in [7, 11) is 0. The molecule has 0 aliphatic heterocycles. The van der Waals surface area contributed by atoms with Gasteiger partial charge in [-0.25, -0.2) is 9.97 Å². The van der Waals surface area contributed by atoms with Crippen LogP contribution < -0.4 is 34.7 Å². The molecule has 0 saturated heterocycles. The minimum Gasteiger partial charge on any atom is -0.545 e. The topological polar surface area (TPSA) is 65.9 Å². The van der Waals surface area contributed by atoms with Gasteiger partial charge in [0.25, 0.3) is 0 Å². The van der Waals surface area contributed by atoms with Crippen LogP contribution in [0.4, 0.5) is 0 Å². The Labute approximate surface area is 125 Å². The van der Waals surface area contributed by atoms with E-state index in [2.05, 4.69) is 9.97 Å². The molecular weight excluding hydrogens is 239 g/mol. The van der Waals surface area contributed by atoms with Crippen molar-refractivity contribution < 1.29 is 39.5 Å². The van der Waals surface area contributed by atoms with Gasteiger partial charge >= 0.3 is 29.6 Å². The molecule has 0 bridgehead atoms. The number of carboxylic acid groups (broad SMARTS) is 1. The second-order valence-electron chi connectivity index (χ2n) is 3.67. The van der Waals surface area contributed by atoms with Crippen LogP contribution in [0, 0.1) is 0 Å². The van der Waals surface area contributed by atoms with Crippen molar-refractivity contribution in [2.24, 2.45) is 0 Å². The van der Waals surface area contributed by atoms with Crippen LogP contribution in [0.2, 0.25) is 0 Å². The van der Waals surface area contributed by atoms with Crippen molar-refractivity contribution in [3.8, 4) is 0 Å². The third kappa shape index (κ3) is 2.10. The Morgan fingerprint density at radius 3 is 2.17 bits per heavy atom. The minimum atomic E-state index is -1.24. The summed E-state index contributed by atoms with van der Waals surface area (Å²) < 4.78 is 0. The van der Waals surface area contributed by atoms with Gasteiger partial charge in [0.15, 0.2) is 0 Å². The van der Waals surface area contributed by atoms with E-state index in [1.807, 2.05) is 18.2 Å². The summed E-state index contributed by atoms with van der Waals surface area (Å²) in [6.45, 7) is 0. The van der Waals surface area contributed by atoms with Gasteiger partial charge < -0.3 is 9.90 Å². The first-order valence-corrected chi connectivity index (χ1v) is 5.12. The van der Waals surface area contributed by atoms with Crippen molar-refractivity contribution in [1.82, 2.24) is 9.97 Å². The van der Waals surface area contributed by atoms with E-state index in [1.165, 1.54) is 6.07 Å². The van der Waals surface area contributed by atoms with E-state index in [1.54, 1.807) is 18.2 Å². The van der Waals surface area contributed by atoms with Gasteiger partial charge in [-0.05, 0) is 18.2 Å². The monoisotopic (exact) mass is 246 g/mol. The van der Waals surface area contributed by atoms with E-state index in [-0.39, 0.29) is 35.1 Å². The summed E-state index contributed by atoms with van der Waals surface area (Å²) in [4.78, 5) is 19.7. The predicted molar refractivity (Wildman–Crippen MR) is 61.4 cm³/mol. The van der Waals surface area contributed by atoms with Crippen LogP contribution in [0.1, 0.15) is 10.4 Å². The van der Waals surface area contributed by atoms with E-state index >= 15 is 0 Å². The molecule has 2 aromatic carbocycles. The van der Waals surface area contributed by atoms with Crippen molar-refractivity contribution in [3.05, 3.63) is 48.0 Å². The number of aromatic nitrogens is 2. The molecule has 0 N–H and O–H groups in total. The molecule has 0 fully saturated rings. The van der Waals surface area contributed by atoms with Crippen LogP contribution >= 0.6 is 0 Å². The zero-order valence-corrected chi connectivity index (χ0v) is 11.8. The van der Waals surface area contributed by atoms with E-state index in [9.17, 15) is 9.90 Å². The van der Waals surface area contributed by atoms with Gasteiger partial charge in [-0.2, -0.15) is 0 Å². The molecule has 82 valence electrons. The molecule has 1 heterocycles. The van der Waals surface area contributed by atoms with Gasteiger partial charge in [-0.3, -0.25) is 0 Å². The maximum Gasteiger partial charge on any atom is 1.00 e. The van der Waals surface area contributed by atoms with Crippen molar-refractivity contribution in [2.45, 2.75) is 0 Å². The molecule has 0 radical (unpaired) electrons. The van der Waals surface area contributed by atoms with Gasteiger partial charge in [0, 0.05) is 5.56 Å². The van der Waals surface area contributed by atoms with Crippen LogP contribution in [0.3, 0.4) is 0 Å². The van der Waals surface area contributed by atoms with Crippen molar-refractivity contribution in [2.75, 3.05) is 0 Å². The van der Waals surface area contributed by atoms with Crippen molar-refractivity contribution in [1.29, 1.82) is 0 Å². The quantitative estimate of drug-likeness (QED) is 0.373. The Morgan fingerprint density at radius 1 is 0.889 bits per heavy atom. The maximum absolute atomic E-state index is 11.0. The van der Waals surface area contributed by atoms with Gasteiger partial charge in [0.2, 0.25) is 0 Å². The summed E-state index contributed by atoms with van der Waals surface area (Å²) in [5, 5.41) is 11.0. The predicted octanol–water partition coefficient (Wildman–Crippen LogP) is -1.85. The Balaban J connectivity index is 0.00000120. The number of carbonyl (C=O) groups excluding carboxylic acids is 1. The summed E-state index contributed by atoms with van der Waals surface area (Å²) in [6.07, 6.45) is 0. The number of fused-ring (bicyclic) bond motifs is 2. The molecule has 0 spiro atoms. The Morgan fingerprint density at radius 2 is 1.50 bits per heavy atom. The van der Waals surface area contributed by atoms with Crippen LogP contribution in [-0.4, -0.2) is 15.9 Å². The average Bonchev–Trinajstić information content (AvgIpc) is 2.35. The van der Waals surface area contributed by atoms with Crippen LogP contribution in [-0.2, 0) is 0 Å². The zero-order chi connectivity index (χ0) is 11.8. The summed E-state index contributed by atoms with van der Waals surface area (Å²) in [5.74, 6) is -1.24. The number of aromatic carboxylic acids is 1. The molecule has 5 heteroatoms. The number of hydrogen-bond acceptors (Lipinski definition) is 4. The standard InChI is InChI=1S/C13H8N2O2.Na/c16-13(17)8-4-3-7-11-12(8)15-10-6-2-1-5-9(10)14-11;/h1-7H,(H,16,17);/q;+1/p-1. The summed E-state index contributed by atoms with van der Waals surface area (Å²) >= 11 is 0. The molecule has 4 nitrogen and oxygen atoms in total. The van der Waals surface area contributed by atoms with Gasteiger partial charge in [-0.1, -0.05) is 24.3 Å². The Kier molecular flexibility index (Phi) is 3.61. The van der Waals surface area contributed by atoms with E-state index < -0.39 is 5.97 Å². The second kappa shape index (κ2) is 5.02. The van der Waals surface area contributed by atoms with Crippen molar-refractivity contribution >= 4 is 28.0 Å². The number of rotatable bonds is 1. The number of hydrogen-bond donors (Lipinski definition) is 0. The summed E-state index contributed by atoms with van der Waals surface area (Å²) in [5.41, 5.74) is 2.42. The Hall–Kier alpha value is -1.49. The third-order valence-electron chi connectivity index (χ3n) is 2.59. The van der Waals surface area contributed by atoms with Crippen LogP contribution in [0.25, 0.3) is 22.1 Å². The fourth-order valence-electron chi connectivity index (χ4n) is 1.81. The first-order chi connectivity index (χ1) is 8.25. The molecular formula is C13H7N2NaO2. The SMILES string of the molecule is O=C([O-])c1cccc2nc3ccccc3nc12.[Na+]. The smallest absolute Gasteiger partial charge is 0.545 e. The molecule has 3 rings (SSSR count). The maximum atomic E-state index is 11.0. The van der Waals surface area contributed by atoms with Gasteiger partial charge in [-0.15, -0.1) is 0 Å². The second-order valence-corrected chi connectivity index (χ2v) is 3.67. The molecule has 18 heavy (non-hydrogen) atoms. The Bertz CT molecular complexity index is 743. The molecule has 0 aliphatic carbocycles. The number of para-hydroxylation sites is 3. The molecule has 0 amide bonds. The molecule has 3 aromatic rings. The van der Waals surface area contributed by atoms with Gasteiger partial charge in [0.05, 0.1) is 28.0 Å². The van der Waals surface area contributed by atoms with E-state index in [4.69, 9.17) is 0 Å². The van der Waals surface area contributed by atoms with Crippen LogP contribution in [0.15, 0.2) is 42.5 Å². The fraction of sp³-hybridized carbons (Fsp3) is 0. The normalized spacial score (nSPS) is 10.2. The molecule has 0 unspecified atom stereocenters. The first kappa shape index (κ1) is 13.0. The molecule has 0 aliphatic rings. The fourth-order valence-corrected chi connectivity index (χ4v) is 1.81. The van der Waals surface area contributed by atoms with Crippen LogP contribution in [0.5, 0.6) is 0 Å². The first-order valence-electron chi connectivity index (χ1n) is 5.12.